The van der Waals surface area contributed by atoms with Crippen LogP contribution in [0.15, 0.2) is 48.1 Å². The van der Waals surface area contributed by atoms with Crippen LogP contribution >= 0.6 is 11.3 Å². The number of thiazole rings is 1. The lowest BCUT2D eigenvalue weighted by Gasteiger charge is -2.09. The van der Waals surface area contributed by atoms with Crippen molar-refractivity contribution in [1.82, 2.24) is 19.9 Å². The third-order valence-electron chi connectivity index (χ3n) is 5.12. The standard InChI is InChI=1S/C21H21N5S/c1-26-9-2-3-14(7-10-26)19-12-16-17(6-8-22-21(16)25-19)24-15-4-5-18-20(11-15)27-13-23-18/h4-8,11-13H,2-3,9-10H2,1H3,(H2,22,24,25). The molecule has 1 aromatic carbocycles. The van der Waals surface area contributed by atoms with Gasteiger partial charge >= 0.3 is 0 Å². The summed E-state index contributed by atoms with van der Waals surface area (Å²) in [6.45, 7) is 2.14. The Balaban J connectivity index is 1.50. The van der Waals surface area contributed by atoms with Gasteiger partial charge in [-0.1, -0.05) is 6.08 Å². The smallest absolute Gasteiger partial charge is 0.139 e. The van der Waals surface area contributed by atoms with E-state index in [0.29, 0.717) is 0 Å². The number of anilines is 2. The van der Waals surface area contributed by atoms with E-state index in [-0.39, 0.29) is 0 Å². The van der Waals surface area contributed by atoms with Crippen molar-refractivity contribution < 1.29 is 0 Å². The highest BCUT2D eigenvalue weighted by molar-refractivity contribution is 7.16. The second kappa shape index (κ2) is 6.79. The van der Waals surface area contributed by atoms with Gasteiger partial charge in [-0.3, -0.25) is 0 Å². The number of allylic oxidation sites excluding steroid dienone is 1. The fourth-order valence-corrected chi connectivity index (χ4v) is 4.36. The number of likely N-dealkylation sites (N-methyl/N-ethyl adjacent to an activating group) is 1. The van der Waals surface area contributed by atoms with Gasteiger partial charge in [-0.15, -0.1) is 11.3 Å². The molecule has 1 aliphatic heterocycles. The molecule has 0 aliphatic carbocycles. The molecule has 4 heterocycles. The lowest BCUT2D eigenvalue weighted by molar-refractivity contribution is 0.372. The normalized spacial score (nSPS) is 15.8. The van der Waals surface area contributed by atoms with Crippen molar-refractivity contribution in [3.05, 3.63) is 53.8 Å². The summed E-state index contributed by atoms with van der Waals surface area (Å²) in [5.74, 6) is 0. The lowest BCUT2D eigenvalue weighted by Crippen LogP contribution is -2.17. The topological polar surface area (TPSA) is 56.8 Å². The molecule has 5 rings (SSSR count). The van der Waals surface area contributed by atoms with E-state index in [9.17, 15) is 0 Å². The summed E-state index contributed by atoms with van der Waals surface area (Å²) >= 11 is 1.66. The number of H-pyrrole nitrogens is 1. The zero-order chi connectivity index (χ0) is 18.2. The minimum absolute atomic E-state index is 0.923. The van der Waals surface area contributed by atoms with Gasteiger partial charge in [0.25, 0.3) is 0 Å². The van der Waals surface area contributed by atoms with Crippen molar-refractivity contribution in [2.24, 2.45) is 0 Å². The highest BCUT2D eigenvalue weighted by atomic mass is 32.1. The van der Waals surface area contributed by atoms with E-state index in [0.717, 1.165) is 47.4 Å². The Labute approximate surface area is 161 Å². The molecule has 5 nitrogen and oxygen atoms in total. The van der Waals surface area contributed by atoms with Crippen LogP contribution in [-0.2, 0) is 0 Å². The summed E-state index contributed by atoms with van der Waals surface area (Å²) in [5.41, 5.74) is 8.55. The fraction of sp³-hybridized carbons (Fsp3) is 0.238. The van der Waals surface area contributed by atoms with Crippen LogP contribution < -0.4 is 5.32 Å². The van der Waals surface area contributed by atoms with Crippen LogP contribution in [0.4, 0.5) is 11.4 Å². The maximum atomic E-state index is 4.54. The molecule has 0 radical (unpaired) electrons. The van der Waals surface area contributed by atoms with Gasteiger partial charge in [-0.25, -0.2) is 9.97 Å². The number of hydrogen-bond donors (Lipinski definition) is 2. The summed E-state index contributed by atoms with van der Waals surface area (Å²) in [4.78, 5) is 14.8. The predicted octanol–water partition coefficient (Wildman–Crippen LogP) is 5.03. The number of nitrogens with one attached hydrogen (secondary N) is 2. The number of aromatic amines is 1. The quantitative estimate of drug-likeness (QED) is 0.528. The molecule has 6 heteroatoms. The first kappa shape index (κ1) is 16.5. The summed E-state index contributed by atoms with van der Waals surface area (Å²) in [6.07, 6.45) is 6.47. The van der Waals surface area contributed by atoms with Crippen molar-refractivity contribution in [3.8, 4) is 0 Å². The number of rotatable bonds is 3. The summed E-state index contributed by atoms with van der Waals surface area (Å²) in [5, 5.41) is 4.68. The Morgan fingerprint density at radius 1 is 1.19 bits per heavy atom. The van der Waals surface area contributed by atoms with Crippen molar-refractivity contribution in [3.63, 3.8) is 0 Å². The van der Waals surface area contributed by atoms with E-state index >= 15 is 0 Å². The average Bonchev–Trinajstić information content (AvgIpc) is 3.26. The third kappa shape index (κ3) is 3.22. The van der Waals surface area contributed by atoms with Gasteiger partial charge in [-0.05, 0) is 62.3 Å². The van der Waals surface area contributed by atoms with Crippen LogP contribution in [0.2, 0.25) is 0 Å². The molecule has 0 unspecified atom stereocenters. The number of fused-ring (bicyclic) bond motifs is 2. The van der Waals surface area contributed by atoms with E-state index in [1.54, 1.807) is 11.3 Å². The molecule has 27 heavy (non-hydrogen) atoms. The SMILES string of the molecule is CN1CC=C(c2cc3c(Nc4ccc5ncsc5c4)ccnc3[nH]2)CCC1. The molecule has 0 atom stereocenters. The predicted molar refractivity (Wildman–Crippen MR) is 114 cm³/mol. The zero-order valence-electron chi connectivity index (χ0n) is 15.2. The number of nitrogens with zero attached hydrogens (tertiary/aromatic N) is 3. The monoisotopic (exact) mass is 375 g/mol. The minimum Gasteiger partial charge on any atom is -0.355 e. The first-order valence-electron chi connectivity index (χ1n) is 9.22. The van der Waals surface area contributed by atoms with E-state index in [1.807, 2.05) is 17.8 Å². The average molecular weight is 376 g/mol. The second-order valence-electron chi connectivity index (χ2n) is 7.06. The van der Waals surface area contributed by atoms with E-state index in [4.69, 9.17) is 0 Å². The van der Waals surface area contributed by atoms with E-state index < -0.39 is 0 Å². The first-order chi connectivity index (χ1) is 13.3. The molecule has 0 amide bonds. The van der Waals surface area contributed by atoms with Gasteiger partial charge in [0.1, 0.15) is 5.65 Å². The molecule has 0 fully saturated rings. The maximum absolute atomic E-state index is 4.54. The molecule has 136 valence electrons. The molecule has 1 aliphatic rings. The van der Waals surface area contributed by atoms with Crippen molar-refractivity contribution in [2.75, 3.05) is 25.5 Å². The van der Waals surface area contributed by atoms with E-state index in [2.05, 4.69) is 62.6 Å². The Morgan fingerprint density at radius 2 is 2.15 bits per heavy atom. The first-order valence-corrected chi connectivity index (χ1v) is 10.1. The molecule has 2 N–H and O–H groups in total. The van der Waals surface area contributed by atoms with Crippen molar-refractivity contribution >= 4 is 49.5 Å². The van der Waals surface area contributed by atoms with Gasteiger partial charge in [0, 0.05) is 29.5 Å². The molecule has 3 aromatic heterocycles. The zero-order valence-corrected chi connectivity index (χ0v) is 16.0. The number of pyridine rings is 1. The largest absolute Gasteiger partial charge is 0.355 e. The Hall–Kier alpha value is -2.70. The fourth-order valence-electron chi connectivity index (χ4n) is 3.64. The third-order valence-corrected chi connectivity index (χ3v) is 5.92. The molecular formula is C21H21N5S. The molecule has 4 aromatic rings. The van der Waals surface area contributed by atoms with Crippen LogP contribution in [0.3, 0.4) is 0 Å². The summed E-state index contributed by atoms with van der Waals surface area (Å²) in [6, 6.07) is 10.5. The number of hydrogen-bond acceptors (Lipinski definition) is 5. The van der Waals surface area contributed by atoms with Gasteiger partial charge in [0.2, 0.25) is 0 Å². The van der Waals surface area contributed by atoms with Crippen LogP contribution in [0.1, 0.15) is 18.5 Å². The lowest BCUT2D eigenvalue weighted by atomic mass is 10.1. The second-order valence-corrected chi connectivity index (χ2v) is 7.95. The molecule has 0 saturated heterocycles. The Bertz CT molecular complexity index is 1140. The van der Waals surface area contributed by atoms with Gasteiger partial charge in [0.05, 0.1) is 21.4 Å². The van der Waals surface area contributed by atoms with Crippen LogP contribution in [0.25, 0.3) is 26.8 Å². The maximum Gasteiger partial charge on any atom is 0.139 e. The van der Waals surface area contributed by atoms with Gasteiger partial charge in [0.15, 0.2) is 0 Å². The van der Waals surface area contributed by atoms with Crippen LogP contribution in [0, 0.1) is 0 Å². The van der Waals surface area contributed by atoms with Crippen LogP contribution in [-0.4, -0.2) is 40.0 Å². The van der Waals surface area contributed by atoms with Crippen LogP contribution in [0.5, 0.6) is 0 Å². The summed E-state index contributed by atoms with van der Waals surface area (Å²) < 4.78 is 1.19. The molecular weight excluding hydrogens is 354 g/mol. The minimum atomic E-state index is 0.923. The Kier molecular flexibility index (Phi) is 4.14. The van der Waals surface area contributed by atoms with Crippen molar-refractivity contribution in [2.45, 2.75) is 12.8 Å². The highest BCUT2D eigenvalue weighted by Gasteiger charge is 2.13. The Morgan fingerprint density at radius 3 is 3.11 bits per heavy atom. The number of aromatic nitrogens is 3. The number of benzene rings is 1. The highest BCUT2D eigenvalue weighted by Crippen LogP contribution is 2.31. The molecule has 0 bridgehead atoms. The van der Waals surface area contributed by atoms with Gasteiger partial charge in [-0.2, -0.15) is 0 Å². The van der Waals surface area contributed by atoms with Crippen molar-refractivity contribution in [1.29, 1.82) is 0 Å². The van der Waals surface area contributed by atoms with Gasteiger partial charge < -0.3 is 15.2 Å². The molecule has 0 saturated carbocycles. The van der Waals surface area contributed by atoms with E-state index in [1.165, 1.54) is 22.4 Å². The summed E-state index contributed by atoms with van der Waals surface area (Å²) in [7, 11) is 2.17. The molecule has 0 spiro atoms.